The average molecular weight is 398 g/mol. The summed E-state index contributed by atoms with van der Waals surface area (Å²) in [5.74, 6) is -2.35. The van der Waals surface area contributed by atoms with Crippen molar-refractivity contribution in [3.05, 3.63) is 35.9 Å². The number of rotatable bonds is 6. The number of nitrogens with zero attached hydrogens (tertiary/aromatic N) is 1. The van der Waals surface area contributed by atoms with Gasteiger partial charge in [-0.25, -0.2) is 4.79 Å². The van der Waals surface area contributed by atoms with E-state index in [4.69, 9.17) is 4.74 Å². The van der Waals surface area contributed by atoms with E-state index in [-0.39, 0.29) is 35.6 Å². The summed E-state index contributed by atoms with van der Waals surface area (Å²) in [6.07, 6.45) is 3.93. The average Bonchev–Trinajstić information content (AvgIpc) is 3.51. The SMILES string of the molecule is C[C@@H](C(=O)O[C@H](C(=O)NC1CC1)c1ccccc1)N1C(=O)[C@H]2CCCC[C@@H]2C1=O. The van der Waals surface area contributed by atoms with E-state index in [1.54, 1.807) is 24.3 Å². The maximum absolute atomic E-state index is 12.9. The summed E-state index contributed by atoms with van der Waals surface area (Å²) >= 11 is 0. The lowest BCUT2D eigenvalue weighted by molar-refractivity contribution is -0.165. The Morgan fingerprint density at radius 1 is 1.00 bits per heavy atom. The highest BCUT2D eigenvalue weighted by atomic mass is 16.5. The van der Waals surface area contributed by atoms with Crippen LogP contribution in [0.4, 0.5) is 0 Å². The Balaban J connectivity index is 1.50. The Kier molecular flexibility index (Phi) is 5.39. The van der Waals surface area contributed by atoms with Gasteiger partial charge >= 0.3 is 5.97 Å². The Hall–Kier alpha value is -2.70. The fourth-order valence-electron chi connectivity index (χ4n) is 4.30. The van der Waals surface area contributed by atoms with Crippen LogP contribution in [0.5, 0.6) is 0 Å². The molecular weight excluding hydrogens is 372 g/mol. The summed E-state index contributed by atoms with van der Waals surface area (Å²) in [6, 6.07) is 7.85. The van der Waals surface area contributed by atoms with Gasteiger partial charge in [-0.2, -0.15) is 0 Å². The van der Waals surface area contributed by atoms with Gasteiger partial charge in [-0.05, 0) is 32.6 Å². The van der Waals surface area contributed by atoms with E-state index in [1.165, 1.54) is 6.92 Å². The van der Waals surface area contributed by atoms with Crippen LogP contribution < -0.4 is 5.32 Å². The van der Waals surface area contributed by atoms with Crippen LogP contribution in [0.3, 0.4) is 0 Å². The van der Waals surface area contributed by atoms with E-state index in [1.807, 2.05) is 6.07 Å². The fourth-order valence-corrected chi connectivity index (χ4v) is 4.30. The molecule has 1 aromatic rings. The molecule has 1 N–H and O–H groups in total. The molecule has 0 unspecified atom stereocenters. The standard InChI is InChI=1S/C22H26N2O5/c1-13(24-20(26)16-9-5-6-10-17(16)21(24)27)22(28)29-18(14-7-3-2-4-8-14)19(25)23-15-11-12-15/h2-4,7-8,13,15-18H,5-6,9-12H2,1H3,(H,23,25)/t13-,16-,17-,18-/m0/s1. The van der Waals surface area contributed by atoms with Crippen LogP contribution in [0.15, 0.2) is 30.3 Å². The number of carbonyl (C=O) groups excluding carboxylic acids is 4. The molecule has 1 aliphatic heterocycles. The molecule has 1 saturated heterocycles. The number of likely N-dealkylation sites (tertiary alicyclic amines) is 1. The van der Waals surface area contributed by atoms with Gasteiger partial charge in [0.15, 0.2) is 0 Å². The third-order valence-corrected chi connectivity index (χ3v) is 6.10. The first kappa shape index (κ1) is 19.6. The molecule has 4 atom stereocenters. The van der Waals surface area contributed by atoms with Gasteiger partial charge in [-0.15, -0.1) is 0 Å². The second-order valence-electron chi connectivity index (χ2n) is 8.23. The molecular formula is C22H26N2O5. The molecule has 0 radical (unpaired) electrons. The van der Waals surface area contributed by atoms with Gasteiger partial charge in [0.05, 0.1) is 11.8 Å². The van der Waals surface area contributed by atoms with E-state index in [9.17, 15) is 19.2 Å². The number of imide groups is 1. The van der Waals surface area contributed by atoms with E-state index in [0.717, 1.165) is 30.6 Å². The lowest BCUT2D eigenvalue weighted by Gasteiger charge is -2.24. The minimum Gasteiger partial charge on any atom is -0.446 e. The number of ether oxygens (including phenoxy) is 1. The third kappa shape index (κ3) is 3.91. The topological polar surface area (TPSA) is 92.8 Å². The fraction of sp³-hybridized carbons (Fsp3) is 0.545. The second-order valence-corrected chi connectivity index (χ2v) is 8.23. The molecule has 1 aromatic carbocycles. The van der Waals surface area contributed by atoms with Gasteiger partial charge < -0.3 is 10.1 Å². The Morgan fingerprint density at radius 2 is 1.59 bits per heavy atom. The highest BCUT2D eigenvalue weighted by Gasteiger charge is 2.51. The summed E-state index contributed by atoms with van der Waals surface area (Å²) < 4.78 is 5.55. The van der Waals surface area contributed by atoms with Crippen molar-refractivity contribution in [3.8, 4) is 0 Å². The number of nitrogens with one attached hydrogen (secondary N) is 1. The van der Waals surface area contributed by atoms with Gasteiger partial charge in [-0.3, -0.25) is 19.3 Å². The summed E-state index contributed by atoms with van der Waals surface area (Å²) in [7, 11) is 0. The van der Waals surface area contributed by atoms with Crippen LogP contribution in [0.2, 0.25) is 0 Å². The minimum absolute atomic E-state index is 0.120. The molecule has 4 rings (SSSR count). The number of hydrogen-bond donors (Lipinski definition) is 1. The summed E-state index contributed by atoms with van der Waals surface area (Å²) in [6.45, 7) is 1.50. The van der Waals surface area contributed by atoms with E-state index < -0.39 is 18.1 Å². The molecule has 0 aromatic heterocycles. The van der Waals surface area contributed by atoms with E-state index in [0.29, 0.717) is 18.4 Å². The molecule has 29 heavy (non-hydrogen) atoms. The van der Waals surface area contributed by atoms with Crippen molar-refractivity contribution in [2.75, 3.05) is 0 Å². The molecule has 2 saturated carbocycles. The number of hydrogen-bond acceptors (Lipinski definition) is 5. The first-order valence-corrected chi connectivity index (χ1v) is 10.4. The van der Waals surface area contributed by atoms with Crippen molar-refractivity contribution < 1.29 is 23.9 Å². The van der Waals surface area contributed by atoms with Crippen LogP contribution in [0.25, 0.3) is 0 Å². The Morgan fingerprint density at radius 3 is 2.14 bits per heavy atom. The molecule has 3 aliphatic rings. The van der Waals surface area contributed by atoms with E-state index in [2.05, 4.69) is 5.32 Å². The molecule has 2 aliphatic carbocycles. The van der Waals surface area contributed by atoms with Gasteiger partial charge in [0.25, 0.3) is 5.91 Å². The molecule has 1 heterocycles. The highest BCUT2D eigenvalue weighted by molar-refractivity contribution is 6.07. The van der Waals surface area contributed by atoms with Crippen molar-refractivity contribution in [2.24, 2.45) is 11.8 Å². The van der Waals surface area contributed by atoms with Crippen molar-refractivity contribution in [1.82, 2.24) is 10.2 Å². The Bertz CT molecular complexity index is 796. The third-order valence-electron chi connectivity index (χ3n) is 6.10. The van der Waals surface area contributed by atoms with Crippen LogP contribution in [-0.2, 0) is 23.9 Å². The van der Waals surface area contributed by atoms with Crippen molar-refractivity contribution in [3.63, 3.8) is 0 Å². The minimum atomic E-state index is -1.11. The zero-order chi connectivity index (χ0) is 20.5. The highest BCUT2D eigenvalue weighted by Crippen LogP contribution is 2.39. The van der Waals surface area contributed by atoms with Gasteiger partial charge in [0.1, 0.15) is 6.04 Å². The maximum atomic E-state index is 12.9. The zero-order valence-corrected chi connectivity index (χ0v) is 16.5. The van der Waals surface area contributed by atoms with Gasteiger partial charge in [-0.1, -0.05) is 43.2 Å². The van der Waals surface area contributed by atoms with Gasteiger partial charge in [0, 0.05) is 11.6 Å². The van der Waals surface area contributed by atoms with E-state index >= 15 is 0 Å². The molecule has 7 nitrogen and oxygen atoms in total. The smallest absolute Gasteiger partial charge is 0.330 e. The second kappa shape index (κ2) is 7.97. The van der Waals surface area contributed by atoms with Gasteiger partial charge in [0.2, 0.25) is 17.9 Å². The zero-order valence-electron chi connectivity index (χ0n) is 16.5. The lowest BCUT2D eigenvalue weighted by Crippen LogP contribution is -2.45. The largest absolute Gasteiger partial charge is 0.446 e. The van der Waals surface area contributed by atoms with Crippen LogP contribution >= 0.6 is 0 Å². The van der Waals surface area contributed by atoms with Crippen molar-refractivity contribution in [1.29, 1.82) is 0 Å². The molecule has 0 spiro atoms. The molecule has 3 fully saturated rings. The molecule has 3 amide bonds. The van der Waals surface area contributed by atoms with Crippen LogP contribution in [0, 0.1) is 11.8 Å². The molecule has 7 heteroatoms. The molecule has 154 valence electrons. The summed E-state index contributed by atoms with van der Waals surface area (Å²) in [5.41, 5.74) is 0.555. The molecule has 0 bridgehead atoms. The first-order valence-electron chi connectivity index (χ1n) is 10.4. The number of fused-ring (bicyclic) bond motifs is 1. The van der Waals surface area contributed by atoms with Crippen LogP contribution in [-0.4, -0.2) is 40.7 Å². The normalized spacial score (nSPS) is 25.9. The van der Waals surface area contributed by atoms with Crippen molar-refractivity contribution in [2.45, 2.75) is 63.6 Å². The van der Waals surface area contributed by atoms with Crippen molar-refractivity contribution >= 4 is 23.7 Å². The number of benzene rings is 1. The maximum Gasteiger partial charge on any atom is 0.330 e. The van der Waals surface area contributed by atoms with Crippen LogP contribution in [0.1, 0.15) is 57.1 Å². The predicted molar refractivity (Wildman–Crippen MR) is 103 cm³/mol. The Labute approximate surface area is 169 Å². The quantitative estimate of drug-likeness (QED) is 0.585. The number of carbonyl (C=O) groups is 4. The first-order chi connectivity index (χ1) is 14.0. The summed E-state index contributed by atoms with van der Waals surface area (Å²) in [4.78, 5) is 52.1. The number of amides is 3. The lowest BCUT2D eigenvalue weighted by atomic mass is 9.81. The predicted octanol–water partition coefficient (Wildman–Crippen LogP) is 2.11. The monoisotopic (exact) mass is 398 g/mol. The number of esters is 1. The summed E-state index contributed by atoms with van der Waals surface area (Å²) in [5, 5.41) is 2.86.